The summed E-state index contributed by atoms with van der Waals surface area (Å²) in [5.74, 6) is 1.42. The summed E-state index contributed by atoms with van der Waals surface area (Å²) in [6.07, 6.45) is 2.51. The molecule has 1 amide bonds. The molecule has 1 saturated carbocycles. The van der Waals surface area contributed by atoms with E-state index in [2.05, 4.69) is 10.3 Å². The lowest BCUT2D eigenvalue weighted by Gasteiger charge is -2.12. The second-order valence-corrected chi connectivity index (χ2v) is 5.80. The molecule has 1 aliphatic carbocycles. The van der Waals surface area contributed by atoms with Gasteiger partial charge in [-0.05, 0) is 19.8 Å². The monoisotopic (exact) mass is 236 g/mol. The van der Waals surface area contributed by atoms with Gasteiger partial charge in [0.05, 0.1) is 12.1 Å². The van der Waals surface area contributed by atoms with E-state index >= 15 is 0 Å². The zero-order chi connectivity index (χ0) is 12.6. The van der Waals surface area contributed by atoms with E-state index in [0.29, 0.717) is 24.1 Å². The van der Waals surface area contributed by atoms with Gasteiger partial charge in [0.15, 0.2) is 5.89 Å². The van der Waals surface area contributed by atoms with Crippen molar-refractivity contribution >= 4 is 5.91 Å². The molecule has 1 aliphatic rings. The molecule has 0 saturated heterocycles. The highest BCUT2D eigenvalue weighted by molar-refractivity contribution is 5.78. The number of aromatic nitrogens is 1. The van der Waals surface area contributed by atoms with Gasteiger partial charge < -0.3 is 9.73 Å². The number of nitrogens with zero attached hydrogens (tertiary/aromatic N) is 1. The van der Waals surface area contributed by atoms with Gasteiger partial charge >= 0.3 is 0 Å². The van der Waals surface area contributed by atoms with Crippen LogP contribution in [0.1, 0.15) is 51.0 Å². The number of rotatable bonds is 3. The van der Waals surface area contributed by atoms with Crippen LogP contribution in [0.4, 0.5) is 0 Å². The Bertz CT molecular complexity index is 425. The number of hydrogen-bond acceptors (Lipinski definition) is 3. The molecule has 1 heterocycles. The van der Waals surface area contributed by atoms with E-state index in [-0.39, 0.29) is 11.3 Å². The molecule has 0 unspecified atom stereocenters. The Labute approximate surface area is 102 Å². The summed E-state index contributed by atoms with van der Waals surface area (Å²) in [5, 5.41) is 2.95. The van der Waals surface area contributed by atoms with Gasteiger partial charge in [-0.25, -0.2) is 4.98 Å². The molecule has 0 aliphatic heterocycles. The van der Waals surface area contributed by atoms with E-state index in [1.807, 2.05) is 27.7 Å². The lowest BCUT2D eigenvalue weighted by atomic mass is 9.97. The summed E-state index contributed by atoms with van der Waals surface area (Å²) in [7, 11) is 0. The highest BCUT2D eigenvalue weighted by atomic mass is 16.4. The van der Waals surface area contributed by atoms with Gasteiger partial charge in [-0.1, -0.05) is 20.8 Å². The van der Waals surface area contributed by atoms with Crippen molar-refractivity contribution in [2.24, 2.45) is 0 Å². The third-order valence-electron chi connectivity index (χ3n) is 2.80. The number of carbonyl (C=O) groups excluding carboxylic acids is 1. The molecule has 0 spiro atoms. The Morgan fingerprint density at radius 3 is 2.59 bits per heavy atom. The van der Waals surface area contributed by atoms with Crippen LogP contribution in [0.2, 0.25) is 0 Å². The van der Waals surface area contributed by atoms with Gasteiger partial charge in [0.1, 0.15) is 5.76 Å². The lowest BCUT2D eigenvalue weighted by molar-refractivity contribution is -0.120. The first-order valence-corrected chi connectivity index (χ1v) is 6.12. The average Bonchev–Trinajstić information content (AvgIpc) is 2.90. The van der Waals surface area contributed by atoms with Gasteiger partial charge in [0.2, 0.25) is 5.91 Å². The molecular weight excluding hydrogens is 216 g/mol. The van der Waals surface area contributed by atoms with Crippen LogP contribution in [-0.2, 0) is 16.6 Å². The van der Waals surface area contributed by atoms with E-state index in [9.17, 15) is 4.79 Å². The van der Waals surface area contributed by atoms with E-state index in [4.69, 9.17) is 4.42 Å². The molecule has 17 heavy (non-hydrogen) atoms. The largest absolute Gasteiger partial charge is 0.444 e. The van der Waals surface area contributed by atoms with Crippen molar-refractivity contribution in [2.75, 3.05) is 0 Å². The van der Waals surface area contributed by atoms with E-state index < -0.39 is 0 Å². The first-order valence-electron chi connectivity index (χ1n) is 6.12. The molecule has 1 aromatic rings. The second-order valence-electron chi connectivity index (χ2n) is 5.80. The number of oxazole rings is 1. The molecule has 0 bridgehead atoms. The van der Waals surface area contributed by atoms with Crippen molar-refractivity contribution in [3.63, 3.8) is 0 Å². The molecule has 94 valence electrons. The van der Waals surface area contributed by atoms with Crippen LogP contribution in [-0.4, -0.2) is 16.9 Å². The molecule has 0 atom stereocenters. The Morgan fingerprint density at radius 1 is 1.47 bits per heavy atom. The molecule has 4 heteroatoms. The number of carbonyl (C=O) groups is 1. The van der Waals surface area contributed by atoms with Gasteiger partial charge in [0.25, 0.3) is 0 Å². The normalized spacial score (nSPS) is 16.0. The summed E-state index contributed by atoms with van der Waals surface area (Å²) in [5.41, 5.74) is 0.705. The maximum Gasteiger partial charge on any atom is 0.227 e. The molecule has 4 nitrogen and oxygen atoms in total. The van der Waals surface area contributed by atoms with Gasteiger partial charge in [-0.15, -0.1) is 0 Å². The number of nitrogens with one attached hydrogen (secondary N) is 1. The average molecular weight is 236 g/mol. The van der Waals surface area contributed by atoms with Gasteiger partial charge in [0, 0.05) is 11.5 Å². The summed E-state index contributed by atoms with van der Waals surface area (Å²) in [4.78, 5) is 16.1. The third kappa shape index (κ3) is 3.08. The predicted molar refractivity (Wildman–Crippen MR) is 64.8 cm³/mol. The first kappa shape index (κ1) is 12.1. The minimum atomic E-state index is -0.115. The molecular formula is C13H20N2O2. The van der Waals surface area contributed by atoms with Gasteiger partial charge in [-0.3, -0.25) is 4.79 Å². The fraction of sp³-hybridized carbons (Fsp3) is 0.692. The highest BCUT2D eigenvalue weighted by Gasteiger charge is 2.26. The quantitative estimate of drug-likeness (QED) is 0.874. The third-order valence-corrected chi connectivity index (χ3v) is 2.80. The van der Waals surface area contributed by atoms with Crippen molar-refractivity contribution in [3.05, 3.63) is 17.3 Å². The predicted octanol–water partition coefficient (Wildman–Crippen LogP) is 2.10. The van der Waals surface area contributed by atoms with Crippen molar-refractivity contribution in [3.8, 4) is 0 Å². The van der Waals surface area contributed by atoms with Crippen LogP contribution >= 0.6 is 0 Å². The molecule has 0 radical (unpaired) electrons. The van der Waals surface area contributed by atoms with Crippen LogP contribution in [0.25, 0.3) is 0 Å². The van der Waals surface area contributed by atoms with Crippen LogP contribution in [0.15, 0.2) is 4.42 Å². The molecule has 1 aromatic heterocycles. The maximum absolute atomic E-state index is 11.7. The van der Waals surface area contributed by atoms with E-state index in [1.54, 1.807) is 0 Å². The van der Waals surface area contributed by atoms with Crippen LogP contribution < -0.4 is 5.32 Å². The standard InChI is InChI=1S/C13H20N2O2/c1-8-10(7-11(16)15-9-5-6-9)17-12(14-8)13(2,3)4/h9H,5-7H2,1-4H3,(H,15,16). The number of amides is 1. The van der Waals surface area contributed by atoms with Crippen LogP contribution in [0, 0.1) is 6.92 Å². The van der Waals surface area contributed by atoms with E-state index in [1.165, 1.54) is 0 Å². The highest BCUT2D eigenvalue weighted by Crippen LogP contribution is 2.24. The Morgan fingerprint density at radius 2 is 2.12 bits per heavy atom. The maximum atomic E-state index is 11.7. The zero-order valence-corrected chi connectivity index (χ0v) is 11.0. The Balaban J connectivity index is 2.04. The summed E-state index contributed by atoms with van der Waals surface area (Å²) in [6.45, 7) is 8.03. The fourth-order valence-electron chi connectivity index (χ4n) is 1.57. The minimum Gasteiger partial charge on any atom is -0.444 e. The van der Waals surface area contributed by atoms with Crippen molar-refractivity contribution in [2.45, 2.75) is 58.4 Å². The number of hydrogen-bond donors (Lipinski definition) is 1. The van der Waals surface area contributed by atoms with Crippen molar-refractivity contribution in [1.82, 2.24) is 10.3 Å². The molecule has 0 aromatic carbocycles. The van der Waals surface area contributed by atoms with Crippen LogP contribution in [0.5, 0.6) is 0 Å². The Kier molecular flexibility index (Phi) is 2.98. The topological polar surface area (TPSA) is 55.1 Å². The summed E-state index contributed by atoms with van der Waals surface area (Å²) < 4.78 is 5.68. The Hall–Kier alpha value is -1.32. The first-order chi connectivity index (χ1) is 7.86. The van der Waals surface area contributed by atoms with Crippen molar-refractivity contribution < 1.29 is 9.21 Å². The lowest BCUT2D eigenvalue weighted by Crippen LogP contribution is -2.27. The summed E-state index contributed by atoms with van der Waals surface area (Å²) in [6, 6.07) is 0.396. The fourth-order valence-corrected chi connectivity index (χ4v) is 1.57. The van der Waals surface area contributed by atoms with E-state index in [0.717, 1.165) is 18.5 Å². The molecule has 2 rings (SSSR count). The molecule has 1 N–H and O–H groups in total. The van der Waals surface area contributed by atoms with Crippen molar-refractivity contribution in [1.29, 1.82) is 0 Å². The second kappa shape index (κ2) is 4.17. The number of aryl methyl sites for hydroxylation is 1. The van der Waals surface area contributed by atoms with Gasteiger partial charge in [-0.2, -0.15) is 0 Å². The SMILES string of the molecule is Cc1nc(C(C)(C)C)oc1CC(=O)NC1CC1. The zero-order valence-electron chi connectivity index (χ0n) is 11.0. The summed E-state index contributed by atoms with van der Waals surface area (Å²) >= 11 is 0. The smallest absolute Gasteiger partial charge is 0.227 e. The minimum absolute atomic E-state index is 0.0345. The molecule has 1 fully saturated rings. The van der Waals surface area contributed by atoms with Crippen LogP contribution in [0.3, 0.4) is 0 Å².